The molecule has 6 aromatic carbocycles. The molecular weight excluding hydrogens is 514 g/mol. The lowest BCUT2D eigenvalue weighted by atomic mass is 10.1. The number of benzene rings is 6. The highest BCUT2D eigenvalue weighted by atomic mass is 16.3. The van der Waals surface area contributed by atoms with Gasteiger partial charge in [-0.1, -0.05) is 103 Å². The van der Waals surface area contributed by atoms with E-state index in [1.54, 1.807) is 0 Å². The van der Waals surface area contributed by atoms with Gasteiger partial charge >= 0.3 is 0 Å². The van der Waals surface area contributed by atoms with Crippen molar-refractivity contribution in [2.75, 3.05) is 0 Å². The number of furan rings is 1. The second kappa shape index (κ2) is 8.88. The highest BCUT2D eigenvalue weighted by Gasteiger charge is 2.18. The van der Waals surface area contributed by atoms with Gasteiger partial charge in [0.05, 0.1) is 27.9 Å². The smallest absolute Gasteiger partial charge is 0.160 e. The molecule has 4 heteroatoms. The summed E-state index contributed by atoms with van der Waals surface area (Å²) < 4.78 is 9.01. The van der Waals surface area contributed by atoms with Gasteiger partial charge in [-0.2, -0.15) is 0 Å². The number of para-hydroxylation sites is 4. The lowest BCUT2D eigenvalue weighted by Gasteiger charge is -2.09. The zero-order valence-corrected chi connectivity index (χ0v) is 22.5. The van der Waals surface area contributed by atoms with Crippen molar-refractivity contribution in [1.29, 1.82) is 0 Å². The van der Waals surface area contributed by atoms with Gasteiger partial charge in [0, 0.05) is 38.1 Å². The third-order valence-corrected chi connectivity index (χ3v) is 8.21. The van der Waals surface area contributed by atoms with Gasteiger partial charge in [0.1, 0.15) is 5.58 Å². The summed E-state index contributed by atoms with van der Waals surface area (Å²) in [5.74, 6) is 0.678. The van der Waals surface area contributed by atoms with Crippen LogP contribution in [0.2, 0.25) is 0 Å². The first kappa shape index (κ1) is 23.0. The molecular formula is C38H23N3O. The average Bonchev–Trinajstić information content (AvgIpc) is 3.60. The molecule has 0 saturated heterocycles. The summed E-state index contributed by atoms with van der Waals surface area (Å²) in [6.07, 6.45) is 0. The summed E-state index contributed by atoms with van der Waals surface area (Å²) in [5, 5.41) is 5.64. The molecule has 3 aromatic heterocycles. The van der Waals surface area contributed by atoms with E-state index in [0.29, 0.717) is 5.82 Å². The van der Waals surface area contributed by atoms with E-state index in [1.807, 2.05) is 36.4 Å². The zero-order valence-electron chi connectivity index (χ0n) is 22.5. The van der Waals surface area contributed by atoms with Crippen molar-refractivity contribution in [3.05, 3.63) is 140 Å². The van der Waals surface area contributed by atoms with E-state index < -0.39 is 0 Å². The van der Waals surface area contributed by atoms with Crippen molar-refractivity contribution >= 4 is 54.6 Å². The maximum Gasteiger partial charge on any atom is 0.160 e. The molecule has 0 aliphatic rings. The number of nitrogens with zero attached hydrogens (tertiary/aromatic N) is 3. The molecule has 9 rings (SSSR count). The summed E-state index contributed by atoms with van der Waals surface area (Å²) in [6, 6.07) is 48.3. The second-order valence-corrected chi connectivity index (χ2v) is 10.6. The molecule has 0 radical (unpaired) electrons. The maximum atomic E-state index is 6.69. The van der Waals surface area contributed by atoms with Gasteiger partial charge in [0.15, 0.2) is 11.4 Å². The van der Waals surface area contributed by atoms with Crippen LogP contribution in [0.5, 0.6) is 0 Å². The van der Waals surface area contributed by atoms with Crippen LogP contribution in [0, 0.1) is 0 Å². The average molecular weight is 538 g/mol. The normalized spacial score (nSPS) is 11.8. The Balaban J connectivity index is 1.27. The summed E-state index contributed by atoms with van der Waals surface area (Å²) in [4.78, 5) is 10.0. The lowest BCUT2D eigenvalue weighted by Crippen LogP contribution is -1.94. The Hall–Kier alpha value is -5.74. The fourth-order valence-electron chi connectivity index (χ4n) is 6.30. The molecule has 0 bridgehead atoms. The Morgan fingerprint density at radius 3 is 1.93 bits per heavy atom. The standard InChI is InChI=1S/C38H23N3O/c1-2-11-24(12-3-1)36-30-15-4-7-17-31(30)39-38(40-36)25-21-22-28-29-16-10-20-34(37(29)42-35(28)23-25)41-32-18-8-5-13-26(32)27-14-6-9-19-33(27)41/h1-23H. The minimum atomic E-state index is 0.678. The van der Waals surface area contributed by atoms with Gasteiger partial charge in [-0.25, -0.2) is 9.97 Å². The van der Waals surface area contributed by atoms with Crippen LogP contribution < -0.4 is 0 Å². The van der Waals surface area contributed by atoms with Crippen LogP contribution in [0.3, 0.4) is 0 Å². The van der Waals surface area contributed by atoms with Crippen LogP contribution in [0.4, 0.5) is 0 Å². The first-order valence-corrected chi connectivity index (χ1v) is 14.1. The fourth-order valence-corrected chi connectivity index (χ4v) is 6.30. The summed E-state index contributed by atoms with van der Waals surface area (Å²) in [7, 11) is 0. The molecule has 0 fully saturated rings. The predicted molar refractivity (Wildman–Crippen MR) is 172 cm³/mol. The Morgan fingerprint density at radius 1 is 0.476 bits per heavy atom. The van der Waals surface area contributed by atoms with E-state index in [9.17, 15) is 0 Å². The van der Waals surface area contributed by atoms with Crippen LogP contribution in [0.15, 0.2) is 144 Å². The molecule has 0 unspecified atom stereocenters. The van der Waals surface area contributed by atoms with E-state index in [0.717, 1.165) is 66.4 Å². The van der Waals surface area contributed by atoms with Gasteiger partial charge in [-0.15, -0.1) is 0 Å². The number of hydrogen-bond acceptors (Lipinski definition) is 3. The molecule has 0 N–H and O–H groups in total. The van der Waals surface area contributed by atoms with Crippen LogP contribution in [-0.4, -0.2) is 14.5 Å². The molecule has 42 heavy (non-hydrogen) atoms. The van der Waals surface area contributed by atoms with Crippen LogP contribution in [0.25, 0.3) is 83.0 Å². The minimum absolute atomic E-state index is 0.678. The maximum absolute atomic E-state index is 6.69. The molecule has 9 aromatic rings. The Morgan fingerprint density at radius 2 is 1.14 bits per heavy atom. The summed E-state index contributed by atoms with van der Waals surface area (Å²) >= 11 is 0. The topological polar surface area (TPSA) is 43.9 Å². The quantitative estimate of drug-likeness (QED) is 0.225. The summed E-state index contributed by atoms with van der Waals surface area (Å²) in [5.41, 5.74) is 8.84. The molecule has 0 saturated carbocycles. The lowest BCUT2D eigenvalue weighted by molar-refractivity contribution is 0.666. The van der Waals surface area contributed by atoms with E-state index >= 15 is 0 Å². The Labute approximate surface area is 241 Å². The summed E-state index contributed by atoms with van der Waals surface area (Å²) in [6.45, 7) is 0. The zero-order chi connectivity index (χ0) is 27.6. The van der Waals surface area contributed by atoms with Crippen molar-refractivity contribution in [2.45, 2.75) is 0 Å². The largest absolute Gasteiger partial charge is 0.454 e. The highest BCUT2D eigenvalue weighted by Crippen LogP contribution is 2.39. The number of fused-ring (bicyclic) bond motifs is 7. The first-order chi connectivity index (χ1) is 20.8. The van der Waals surface area contributed by atoms with Crippen molar-refractivity contribution in [3.63, 3.8) is 0 Å². The molecule has 0 aliphatic heterocycles. The predicted octanol–water partition coefficient (Wildman–Crippen LogP) is 9.96. The van der Waals surface area contributed by atoms with Gasteiger partial charge in [-0.3, -0.25) is 0 Å². The van der Waals surface area contributed by atoms with Crippen LogP contribution in [-0.2, 0) is 0 Å². The fraction of sp³-hybridized carbons (Fsp3) is 0. The monoisotopic (exact) mass is 537 g/mol. The Kier molecular flexibility index (Phi) is 4.87. The number of hydrogen-bond donors (Lipinski definition) is 0. The molecule has 0 atom stereocenters. The van der Waals surface area contributed by atoms with Crippen molar-refractivity contribution in [2.24, 2.45) is 0 Å². The van der Waals surface area contributed by atoms with Crippen LogP contribution in [0.1, 0.15) is 0 Å². The number of rotatable bonds is 3. The third kappa shape index (κ3) is 3.36. The molecule has 0 spiro atoms. The van der Waals surface area contributed by atoms with Crippen LogP contribution >= 0.6 is 0 Å². The second-order valence-electron chi connectivity index (χ2n) is 10.6. The van der Waals surface area contributed by atoms with E-state index in [-0.39, 0.29) is 0 Å². The van der Waals surface area contributed by atoms with Gasteiger partial charge in [0.25, 0.3) is 0 Å². The molecule has 0 amide bonds. The van der Waals surface area contributed by atoms with E-state index in [4.69, 9.17) is 14.4 Å². The molecule has 196 valence electrons. The SMILES string of the molecule is c1ccc(-c2nc(-c3ccc4c(c3)oc3c(-n5c6ccccc6c6ccccc65)cccc34)nc3ccccc23)cc1. The van der Waals surface area contributed by atoms with Gasteiger partial charge in [-0.05, 0) is 36.4 Å². The van der Waals surface area contributed by atoms with Crippen molar-refractivity contribution in [3.8, 4) is 28.3 Å². The number of aromatic nitrogens is 3. The van der Waals surface area contributed by atoms with Crippen molar-refractivity contribution in [1.82, 2.24) is 14.5 Å². The third-order valence-electron chi connectivity index (χ3n) is 8.21. The van der Waals surface area contributed by atoms with Gasteiger partial charge < -0.3 is 8.98 Å². The van der Waals surface area contributed by atoms with E-state index in [1.165, 1.54) is 10.8 Å². The first-order valence-electron chi connectivity index (χ1n) is 14.1. The molecule has 4 nitrogen and oxygen atoms in total. The Bertz CT molecular complexity index is 2420. The minimum Gasteiger partial charge on any atom is -0.454 e. The molecule has 3 heterocycles. The van der Waals surface area contributed by atoms with Crippen molar-refractivity contribution < 1.29 is 4.42 Å². The van der Waals surface area contributed by atoms with E-state index in [2.05, 4.69) is 108 Å². The van der Waals surface area contributed by atoms with Gasteiger partial charge in [0.2, 0.25) is 0 Å². The highest BCUT2D eigenvalue weighted by molar-refractivity contribution is 6.13. The molecule has 0 aliphatic carbocycles.